The molecule has 1 atom stereocenters. The molecule has 7 heteroatoms. The monoisotopic (exact) mass is 396 g/mol. The third-order valence-corrected chi connectivity index (χ3v) is 5.42. The first-order valence-electron chi connectivity index (χ1n) is 9.31. The maximum absolute atomic E-state index is 11.1. The summed E-state index contributed by atoms with van der Waals surface area (Å²) in [7, 11) is 0. The summed E-state index contributed by atoms with van der Waals surface area (Å²) in [6.45, 7) is 2.82. The first-order valence-corrected chi connectivity index (χ1v) is 9.69. The van der Waals surface area contributed by atoms with E-state index in [9.17, 15) is 4.79 Å². The summed E-state index contributed by atoms with van der Waals surface area (Å²) in [6.07, 6.45) is 7.54. The number of benzene rings is 1. The average molecular weight is 397 g/mol. The summed E-state index contributed by atoms with van der Waals surface area (Å²) < 4.78 is 2.03. The molecule has 3 aromatic rings. The molecule has 1 aliphatic heterocycles. The molecule has 0 unspecified atom stereocenters. The van der Waals surface area contributed by atoms with Crippen molar-refractivity contribution in [3.63, 3.8) is 0 Å². The molecule has 0 bridgehead atoms. The second kappa shape index (κ2) is 8.12. The van der Waals surface area contributed by atoms with E-state index in [4.69, 9.17) is 16.7 Å². The standard InChI is InChI=1S/C21H21ClN4O2/c22-17-5-3-15(4-6-17)20-2-1-9-26(20)11-10-25-13-19(24-14-25)18-12-16(21(27)28)7-8-23-18/h3-8,12-14,20H,1-2,9-11H2,(H,27,28)/t20-/m0/s1. The normalized spacial score (nSPS) is 17.1. The van der Waals surface area contributed by atoms with Crippen molar-refractivity contribution in [1.82, 2.24) is 19.4 Å². The van der Waals surface area contributed by atoms with Crippen molar-refractivity contribution < 1.29 is 9.90 Å². The minimum absolute atomic E-state index is 0.211. The number of halogens is 1. The fraction of sp³-hybridized carbons (Fsp3) is 0.286. The van der Waals surface area contributed by atoms with Crippen LogP contribution < -0.4 is 0 Å². The number of pyridine rings is 1. The first-order chi connectivity index (χ1) is 13.6. The molecule has 1 saturated heterocycles. The van der Waals surface area contributed by atoms with Gasteiger partial charge in [0.1, 0.15) is 5.69 Å². The molecule has 28 heavy (non-hydrogen) atoms. The molecule has 0 saturated carbocycles. The Kier molecular flexibility index (Phi) is 5.41. The molecule has 0 spiro atoms. The van der Waals surface area contributed by atoms with Crippen LogP contribution in [-0.4, -0.2) is 43.6 Å². The van der Waals surface area contributed by atoms with Gasteiger partial charge < -0.3 is 9.67 Å². The number of aromatic carboxylic acids is 1. The van der Waals surface area contributed by atoms with E-state index in [1.807, 2.05) is 22.9 Å². The number of rotatable bonds is 6. The average Bonchev–Trinajstić information content (AvgIpc) is 3.36. The minimum atomic E-state index is -0.967. The van der Waals surface area contributed by atoms with Crippen molar-refractivity contribution in [2.75, 3.05) is 13.1 Å². The lowest BCUT2D eigenvalue weighted by Crippen LogP contribution is -2.27. The van der Waals surface area contributed by atoms with Gasteiger partial charge in [0.25, 0.3) is 0 Å². The second-order valence-electron chi connectivity index (χ2n) is 6.98. The van der Waals surface area contributed by atoms with Crippen molar-refractivity contribution in [3.8, 4) is 11.4 Å². The van der Waals surface area contributed by atoms with E-state index in [1.165, 1.54) is 24.2 Å². The predicted octanol–water partition coefficient (Wildman–Crippen LogP) is 4.13. The van der Waals surface area contributed by atoms with Gasteiger partial charge in [-0.15, -0.1) is 0 Å². The third kappa shape index (κ3) is 4.08. The van der Waals surface area contributed by atoms with Crippen molar-refractivity contribution >= 4 is 17.6 Å². The molecule has 2 aromatic heterocycles. The van der Waals surface area contributed by atoms with Crippen molar-refractivity contribution in [2.45, 2.75) is 25.4 Å². The fourth-order valence-corrected chi connectivity index (χ4v) is 3.84. The van der Waals surface area contributed by atoms with Crippen LogP contribution in [0, 0.1) is 0 Å². The number of likely N-dealkylation sites (tertiary alicyclic amines) is 1. The highest BCUT2D eigenvalue weighted by Crippen LogP contribution is 2.32. The highest BCUT2D eigenvalue weighted by atomic mass is 35.5. The van der Waals surface area contributed by atoms with Crippen LogP contribution in [0.3, 0.4) is 0 Å². The lowest BCUT2D eigenvalue weighted by molar-refractivity contribution is 0.0697. The Balaban J connectivity index is 1.42. The Hall–Kier alpha value is -2.70. The molecule has 1 aromatic carbocycles. The first kappa shape index (κ1) is 18.7. The van der Waals surface area contributed by atoms with Gasteiger partial charge in [-0.2, -0.15) is 0 Å². The molecule has 6 nitrogen and oxygen atoms in total. The highest BCUT2D eigenvalue weighted by molar-refractivity contribution is 6.30. The molecular formula is C21H21ClN4O2. The molecule has 1 aliphatic rings. The minimum Gasteiger partial charge on any atom is -0.478 e. The molecule has 0 radical (unpaired) electrons. The van der Waals surface area contributed by atoms with Gasteiger partial charge in [-0.25, -0.2) is 9.78 Å². The maximum Gasteiger partial charge on any atom is 0.335 e. The molecule has 0 amide bonds. The Bertz CT molecular complexity index is 971. The van der Waals surface area contributed by atoms with E-state index >= 15 is 0 Å². The summed E-state index contributed by atoms with van der Waals surface area (Å²) in [4.78, 5) is 22.3. The Morgan fingerprint density at radius 1 is 1.14 bits per heavy atom. The van der Waals surface area contributed by atoms with E-state index in [2.05, 4.69) is 27.0 Å². The van der Waals surface area contributed by atoms with Gasteiger partial charge in [-0.3, -0.25) is 9.88 Å². The SMILES string of the molecule is O=C(O)c1ccnc(-c2cn(CCN3CCC[C@H]3c3ccc(Cl)cc3)cn2)c1. The van der Waals surface area contributed by atoms with Crippen LogP contribution in [-0.2, 0) is 6.54 Å². The predicted molar refractivity (Wildman–Crippen MR) is 107 cm³/mol. The van der Waals surface area contributed by atoms with Crippen LogP contribution in [0.1, 0.15) is 34.8 Å². The van der Waals surface area contributed by atoms with Crippen LogP contribution >= 0.6 is 11.6 Å². The number of imidazole rings is 1. The van der Waals surface area contributed by atoms with Crippen LogP contribution in [0.4, 0.5) is 0 Å². The molecule has 4 rings (SSSR count). The van der Waals surface area contributed by atoms with Crippen molar-refractivity contribution in [2.24, 2.45) is 0 Å². The number of carbonyl (C=O) groups is 1. The van der Waals surface area contributed by atoms with Crippen LogP contribution in [0.2, 0.25) is 5.02 Å². The van der Waals surface area contributed by atoms with Crippen molar-refractivity contribution in [3.05, 3.63) is 71.3 Å². The quantitative estimate of drug-likeness (QED) is 0.678. The Morgan fingerprint density at radius 2 is 1.96 bits per heavy atom. The summed E-state index contributed by atoms with van der Waals surface area (Å²) in [5, 5.41) is 9.90. The van der Waals surface area contributed by atoms with Gasteiger partial charge in [0.15, 0.2) is 0 Å². The van der Waals surface area contributed by atoms with E-state index < -0.39 is 5.97 Å². The molecule has 3 heterocycles. The van der Waals surface area contributed by atoms with E-state index in [0.717, 1.165) is 31.1 Å². The number of carboxylic acids is 1. The van der Waals surface area contributed by atoms with Crippen LogP contribution in [0.15, 0.2) is 55.1 Å². The summed E-state index contributed by atoms with van der Waals surface area (Å²) >= 11 is 6.01. The summed E-state index contributed by atoms with van der Waals surface area (Å²) in [5.74, 6) is -0.967. The zero-order valence-corrected chi connectivity index (χ0v) is 16.1. The number of hydrogen-bond donors (Lipinski definition) is 1. The van der Waals surface area contributed by atoms with Crippen LogP contribution in [0.5, 0.6) is 0 Å². The number of carboxylic acid groups (broad SMARTS) is 1. The lowest BCUT2D eigenvalue weighted by atomic mass is 10.0. The summed E-state index contributed by atoms with van der Waals surface area (Å²) in [6, 6.07) is 11.6. The van der Waals surface area contributed by atoms with Gasteiger partial charge in [0, 0.05) is 36.5 Å². The van der Waals surface area contributed by atoms with Gasteiger partial charge in [0.05, 0.1) is 17.6 Å². The largest absolute Gasteiger partial charge is 0.478 e. The number of nitrogens with zero attached hydrogens (tertiary/aromatic N) is 4. The zero-order valence-electron chi connectivity index (χ0n) is 15.3. The van der Waals surface area contributed by atoms with Gasteiger partial charge >= 0.3 is 5.97 Å². The van der Waals surface area contributed by atoms with E-state index in [1.54, 1.807) is 12.4 Å². The molecule has 1 N–H and O–H groups in total. The van der Waals surface area contributed by atoms with Gasteiger partial charge in [-0.1, -0.05) is 23.7 Å². The van der Waals surface area contributed by atoms with Gasteiger partial charge in [-0.05, 0) is 49.2 Å². The third-order valence-electron chi connectivity index (χ3n) is 5.17. The maximum atomic E-state index is 11.1. The highest BCUT2D eigenvalue weighted by Gasteiger charge is 2.25. The molecule has 0 aliphatic carbocycles. The van der Waals surface area contributed by atoms with Gasteiger partial charge in [0.2, 0.25) is 0 Å². The molecular weight excluding hydrogens is 376 g/mol. The van der Waals surface area contributed by atoms with E-state index in [0.29, 0.717) is 17.4 Å². The topological polar surface area (TPSA) is 71.2 Å². The zero-order chi connectivity index (χ0) is 19.5. The summed E-state index contributed by atoms with van der Waals surface area (Å²) in [5.41, 5.74) is 2.77. The van der Waals surface area contributed by atoms with E-state index in [-0.39, 0.29) is 5.56 Å². The molecule has 144 valence electrons. The number of hydrogen-bond acceptors (Lipinski definition) is 4. The Morgan fingerprint density at radius 3 is 2.75 bits per heavy atom. The fourth-order valence-electron chi connectivity index (χ4n) is 3.72. The Labute approximate surface area is 168 Å². The number of aromatic nitrogens is 3. The molecule has 1 fully saturated rings. The smallest absolute Gasteiger partial charge is 0.335 e. The lowest BCUT2D eigenvalue weighted by Gasteiger charge is -2.25. The second-order valence-corrected chi connectivity index (χ2v) is 7.41. The van der Waals surface area contributed by atoms with Crippen molar-refractivity contribution in [1.29, 1.82) is 0 Å². The van der Waals surface area contributed by atoms with Crippen LogP contribution in [0.25, 0.3) is 11.4 Å².